The van der Waals surface area contributed by atoms with Gasteiger partial charge in [-0.25, -0.2) is 13.1 Å². The highest BCUT2D eigenvalue weighted by Gasteiger charge is 2.19. The second kappa shape index (κ2) is 11.7. The normalized spacial score (nSPS) is 14.2. The minimum atomic E-state index is -3.78. The zero-order valence-electron chi connectivity index (χ0n) is 17.6. The maximum Gasteiger partial charge on any atom is 0.307 e. The van der Waals surface area contributed by atoms with Gasteiger partial charge < -0.3 is 14.4 Å². The van der Waals surface area contributed by atoms with E-state index < -0.39 is 22.6 Å². The number of ketones is 1. The lowest BCUT2D eigenvalue weighted by molar-refractivity contribution is -0.142. The molecule has 1 saturated heterocycles. The quantitative estimate of drug-likeness (QED) is 0.380. The van der Waals surface area contributed by atoms with Gasteiger partial charge in [-0.15, -0.1) is 11.3 Å². The Hall–Kier alpha value is -2.31. The lowest BCUT2D eigenvalue weighted by Crippen LogP contribution is -2.41. The second-order valence-electron chi connectivity index (χ2n) is 7.12. The Balaban J connectivity index is 1.40. The largest absolute Gasteiger partial charge is 0.457 e. The van der Waals surface area contributed by atoms with E-state index in [9.17, 15) is 22.8 Å². The first-order valence-corrected chi connectivity index (χ1v) is 12.8. The summed E-state index contributed by atoms with van der Waals surface area (Å²) in [6, 6.07) is 8.92. The molecule has 1 aliphatic heterocycles. The number of Topliss-reactive ketones (excluding diaryl/α,β-unsaturated/α-hetero) is 1. The molecule has 0 radical (unpaired) electrons. The number of halogens is 1. The molecule has 0 atom stereocenters. The molecule has 2 heterocycles. The summed E-state index contributed by atoms with van der Waals surface area (Å²) < 4.78 is 36.8. The predicted molar refractivity (Wildman–Crippen MR) is 122 cm³/mol. The average Bonchev–Trinajstić information content (AvgIpc) is 3.27. The molecule has 12 heteroatoms. The van der Waals surface area contributed by atoms with Gasteiger partial charge in [0.05, 0.1) is 35.8 Å². The van der Waals surface area contributed by atoms with Crippen LogP contribution in [-0.2, 0) is 35.5 Å². The van der Waals surface area contributed by atoms with Gasteiger partial charge in [0.15, 0.2) is 6.61 Å². The number of ether oxygens (including phenoxy) is 2. The second-order valence-corrected chi connectivity index (χ2v) is 10.5. The van der Waals surface area contributed by atoms with E-state index in [0.29, 0.717) is 36.2 Å². The molecule has 2 aromatic rings. The molecule has 9 nitrogen and oxygen atoms in total. The molecule has 1 aromatic carbocycles. The summed E-state index contributed by atoms with van der Waals surface area (Å²) in [5.74, 6) is -1.12. The van der Waals surface area contributed by atoms with Crippen LogP contribution in [-0.4, -0.2) is 70.4 Å². The molecule has 0 bridgehead atoms. The number of hydrogen-bond acceptors (Lipinski definition) is 8. The van der Waals surface area contributed by atoms with Crippen LogP contribution in [0.4, 0.5) is 0 Å². The molecule has 0 unspecified atom stereocenters. The summed E-state index contributed by atoms with van der Waals surface area (Å²) in [4.78, 5) is 39.4. The van der Waals surface area contributed by atoms with Crippen LogP contribution in [0.2, 0.25) is 5.02 Å². The Morgan fingerprint density at radius 1 is 1.09 bits per heavy atom. The number of nitrogens with zero attached hydrogens (tertiary/aromatic N) is 1. The molecule has 3 rings (SSSR count). The molecule has 0 spiro atoms. The van der Waals surface area contributed by atoms with Crippen LogP contribution < -0.4 is 4.72 Å². The number of esters is 1. The van der Waals surface area contributed by atoms with Crippen LogP contribution in [0.15, 0.2) is 41.3 Å². The van der Waals surface area contributed by atoms with Crippen LogP contribution in [0, 0.1) is 0 Å². The maximum absolute atomic E-state index is 12.3. The van der Waals surface area contributed by atoms with Crippen molar-refractivity contribution in [2.45, 2.75) is 17.7 Å². The average molecular weight is 515 g/mol. The van der Waals surface area contributed by atoms with Crippen molar-refractivity contribution in [2.75, 3.05) is 39.5 Å². The van der Waals surface area contributed by atoms with E-state index in [-0.39, 0.29) is 36.0 Å². The number of hydrogen-bond donors (Lipinski definition) is 1. The smallest absolute Gasteiger partial charge is 0.307 e. The predicted octanol–water partition coefficient (Wildman–Crippen LogP) is 1.90. The monoisotopic (exact) mass is 514 g/mol. The number of thiophene rings is 1. The van der Waals surface area contributed by atoms with E-state index in [1.165, 1.54) is 35.6 Å². The first-order chi connectivity index (χ1) is 15.7. The molecule has 178 valence electrons. The summed E-state index contributed by atoms with van der Waals surface area (Å²) in [5.41, 5.74) is 0. The summed E-state index contributed by atoms with van der Waals surface area (Å²) in [5, 5.41) is 0.406. The summed E-state index contributed by atoms with van der Waals surface area (Å²) in [7, 11) is -3.78. The molecule has 0 aliphatic carbocycles. The van der Waals surface area contributed by atoms with E-state index in [1.807, 2.05) is 0 Å². The van der Waals surface area contributed by atoms with E-state index in [2.05, 4.69) is 4.72 Å². The van der Waals surface area contributed by atoms with Crippen molar-refractivity contribution in [3.05, 3.63) is 51.2 Å². The van der Waals surface area contributed by atoms with E-state index in [4.69, 9.17) is 21.1 Å². The molecule has 1 aromatic heterocycles. The SMILES string of the molecule is O=C(CCNS(=O)(=O)c1ccc(Cl)cc1)OCC(=O)c1ccc(CC(=O)N2CCOCC2)s1. The topological polar surface area (TPSA) is 119 Å². The fourth-order valence-electron chi connectivity index (χ4n) is 2.97. The number of nitrogens with one attached hydrogen (secondary N) is 1. The Morgan fingerprint density at radius 2 is 1.79 bits per heavy atom. The van der Waals surface area contributed by atoms with Gasteiger partial charge in [-0.3, -0.25) is 14.4 Å². The third-order valence-corrected chi connectivity index (χ3v) is 7.59. The number of morpholine rings is 1. The van der Waals surface area contributed by atoms with Gasteiger partial charge in [-0.2, -0.15) is 0 Å². The van der Waals surface area contributed by atoms with Crippen molar-refractivity contribution in [1.29, 1.82) is 0 Å². The lowest BCUT2D eigenvalue weighted by Gasteiger charge is -2.26. The van der Waals surface area contributed by atoms with Crippen LogP contribution in [0.3, 0.4) is 0 Å². The number of carbonyl (C=O) groups is 3. The first kappa shape index (κ1) is 25.3. The first-order valence-electron chi connectivity index (χ1n) is 10.1. The highest BCUT2D eigenvalue weighted by atomic mass is 35.5. The van der Waals surface area contributed by atoms with Crippen molar-refractivity contribution in [2.24, 2.45) is 0 Å². The lowest BCUT2D eigenvalue weighted by atomic mass is 10.2. The van der Waals surface area contributed by atoms with Crippen molar-refractivity contribution in [3.63, 3.8) is 0 Å². The highest BCUT2D eigenvalue weighted by molar-refractivity contribution is 7.89. The van der Waals surface area contributed by atoms with Gasteiger partial charge in [-0.1, -0.05) is 11.6 Å². The number of benzene rings is 1. The van der Waals surface area contributed by atoms with Gasteiger partial charge in [0, 0.05) is 29.5 Å². The third-order valence-electron chi connectivity index (χ3n) is 4.74. The van der Waals surface area contributed by atoms with Gasteiger partial charge in [-0.05, 0) is 36.4 Å². The van der Waals surface area contributed by atoms with Crippen LogP contribution >= 0.6 is 22.9 Å². The summed E-state index contributed by atoms with van der Waals surface area (Å²) in [6.07, 6.45) is -0.0324. The Morgan fingerprint density at radius 3 is 2.48 bits per heavy atom. The van der Waals surface area contributed by atoms with Crippen molar-refractivity contribution in [3.8, 4) is 0 Å². The maximum atomic E-state index is 12.3. The van der Waals surface area contributed by atoms with Crippen LogP contribution in [0.5, 0.6) is 0 Å². The van der Waals surface area contributed by atoms with Crippen LogP contribution in [0.1, 0.15) is 21.0 Å². The molecule has 0 saturated carbocycles. The molecule has 1 aliphatic rings. The minimum Gasteiger partial charge on any atom is -0.457 e. The zero-order valence-corrected chi connectivity index (χ0v) is 20.0. The van der Waals surface area contributed by atoms with Crippen molar-refractivity contribution >= 4 is 50.6 Å². The fraction of sp³-hybridized carbons (Fsp3) is 0.381. The molecule has 1 N–H and O–H groups in total. The van der Waals surface area contributed by atoms with Gasteiger partial charge in [0.1, 0.15) is 0 Å². The van der Waals surface area contributed by atoms with E-state index >= 15 is 0 Å². The Kier molecular flexibility index (Phi) is 8.98. The number of rotatable bonds is 10. The van der Waals surface area contributed by atoms with Crippen LogP contribution in [0.25, 0.3) is 0 Å². The number of sulfonamides is 1. The molecule has 1 fully saturated rings. The third kappa shape index (κ3) is 7.61. The molecule has 1 amide bonds. The number of carbonyl (C=O) groups excluding carboxylic acids is 3. The molecular weight excluding hydrogens is 492 g/mol. The summed E-state index contributed by atoms with van der Waals surface area (Å²) >= 11 is 6.93. The standard InChI is InChI=1S/C21H23ClN2O7S2/c22-15-1-4-17(5-2-15)33(28,29)23-8-7-21(27)31-14-18(25)19-6-3-16(32-19)13-20(26)24-9-11-30-12-10-24/h1-6,23H,7-14H2. The minimum absolute atomic E-state index is 0.0216. The van der Waals surface area contributed by atoms with E-state index in [0.717, 1.165) is 4.88 Å². The number of amides is 1. The zero-order chi connectivity index (χ0) is 23.8. The molecular formula is C21H23ClN2O7S2. The van der Waals surface area contributed by atoms with Gasteiger partial charge in [0.25, 0.3) is 0 Å². The summed E-state index contributed by atoms with van der Waals surface area (Å²) in [6.45, 7) is 1.52. The Labute approximate surface area is 200 Å². The van der Waals surface area contributed by atoms with Gasteiger partial charge in [0.2, 0.25) is 21.7 Å². The Bertz CT molecular complexity index is 1090. The van der Waals surface area contributed by atoms with Crippen molar-refractivity contribution in [1.82, 2.24) is 9.62 Å². The van der Waals surface area contributed by atoms with Gasteiger partial charge >= 0.3 is 5.97 Å². The molecule has 33 heavy (non-hydrogen) atoms. The fourth-order valence-corrected chi connectivity index (χ4v) is 5.05. The van der Waals surface area contributed by atoms with Crippen molar-refractivity contribution < 1.29 is 32.3 Å². The van der Waals surface area contributed by atoms with E-state index in [1.54, 1.807) is 17.0 Å². The highest BCUT2D eigenvalue weighted by Crippen LogP contribution is 2.19.